The highest BCUT2D eigenvalue weighted by Crippen LogP contribution is 2.36. The van der Waals surface area contributed by atoms with Gasteiger partial charge < -0.3 is 15.3 Å². The molecule has 4 aromatic rings. The molecule has 4 rings (SSSR count). The van der Waals surface area contributed by atoms with E-state index in [4.69, 9.17) is 0 Å². The molecule has 0 saturated heterocycles. The first kappa shape index (κ1) is 15.3. The predicted octanol–water partition coefficient (Wildman–Crippen LogP) is 3.49. The molecule has 124 valence electrons. The summed E-state index contributed by atoms with van der Waals surface area (Å²) >= 11 is 4.38. The molecule has 0 unspecified atom stereocenters. The summed E-state index contributed by atoms with van der Waals surface area (Å²) in [5.41, 5.74) is 1.12. The van der Waals surface area contributed by atoms with Crippen molar-refractivity contribution in [3.05, 3.63) is 54.6 Å². The number of aromatic hydroxyl groups is 3. The highest BCUT2D eigenvalue weighted by molar-refractivity contribution is 7.80. The van der Waals surface area contributed by atoms with Crippen molar-refractivity contribution in [1.82, 2.24) is 14.8 Å². The van der Waals surface area contributed by atoms with Crippen LogP contribution in [0.3, 0.4) is 0 Å². The van der Waals surface area contributed by atoms with Crippen molar-refractivity contribution in [3.63, 3.8) is 0 Å². The first-order valence-electron chi connectivity index (χ1n) is 7.44. The van der Waals surface area contributed by atoms with E-state index in [-0.39, 0.29) is 17.2 Å². The van der Waals surface area contributed by atoms with Crippen LogP contribution in [0.25, 0.3) is 27.8 Å². The molecule has 0 saturated carbocycles. The van der Waals surface area contributed by atoms with Crippen LogP contribution < -0.4 is 0 Å². The van der Waals surface area contributed by atoms with Crippen molar-refractivity contribution in [2.24, 2.45) is 0 Å². The van der Waals surface area contributed by atoms with Crippen LogP contribution in [0.4, 0.5) is 0 Å². The molecular weight excluding hydrogens is 338 g/mol. The van der Waals surface area contributed by atoms with E-state index >= 15 is 0 Å². The molecule has 0 amide bonds. The number of fused-ring (bicyclic) bond motifs is 1. The van der Waals surface area contributed by atoms with Gasteiger partial charge in [0, 0.05) is 16.8 Å². The van der Waals surface area contributed by atoms with Gasteiger partial charge in [0.05, 0.1) is 11.3 Å². The number of aromatic nitrogens is 3. The molecule has 0 aliphatic carbocycles. The molecule has 0 atom stereocenters. The molecule has 1 aromatic heterocycles. The van der Waals surface area contributed by atoms with Crippen molar-refractivity contribution >= 4 is 23.4 Å². The summed E-state index contributed by atoms with van der Waals surface area (Å²) in [5.74, 6) is 0.374. The second-order valence-corrected chi connectivity index (χ2v) is 5.91. The van der Waals surface area contributed by atoms with Gasteiger partial charge in [0.15, 0.2) is 11.0 Å². The van der Waals surface area contributed by atoms with Gasteiger partial charge in [-0.15, -0.1) is 22.8 Å². The quantitative estimate of drug-likeness (QED) is 0.415. The Hall–Kier alpha value is -3.19. The Bertz CT molecular complexity index is 1110. The highest BCUT2D eigenvalue weighted by atomic mass is 32.1. The van der Waals surface area contributed by atoms with Crippen molar-refractivity contribution in [1.29, 1.82) is 0 Å². The molecule has 0 aliphatic rings. The Kier molecular flexibility index (Phi) is 3.51. The minimum Gasteiger partial charge on any atom is -0.508 e. The molecule has 0 spiro atoms. The summed E-state index contributed by atoms with van der Waals surface area (Å²) in [6.07, 6.45) is 0. The monoisotopic (exact) mass is 351 g/mol. The Morgan fingerprint density at radius 2 is 1.56 bits per heavy atom. The maximum atomic E-state index is 10.2. The average Bonchev–Trinajstić information content (AvgIpc) is 2.97. The number of rotatable bonds is 2. The molecule has 0 fully saturated rings. The molecule has 3 aromatic carbocycles. The van der Waals surface area contributed by atoms with Crippen LogP contribution in [0.5, 0.6) is 17.2 Å². The SMILES string of the molecule is Oc1ccc(-c2nnc(S)n2-c2ccc(O)c3ccccc23)c(O)c1. The summed E-state index contributed by atoms with van der Waals surface area (Å²) in [7, 11) is 0. The van der Waals surface area contributed by atoms with Crippen molar-refractivity contribution in [2.75, 3.05) is 0 Å². The van der Waals surface area contributed by atoms with E-state index in [1.165, 1.54) is 12.1 Å². The number of phenolic OH excluding ortho intramolecular Hbond substituents is 3. The Morgan fingerprint density at radius 3 is 2.32 bits per heavy atom. The van der Waals surface area contributed by atoms with Gasteiger partial charge in [-0.3, -0.25) is 4.57 Å². The van der Waals surface area contributed by atoms with Gasteiger partial charge in [0.1, 0.15) is 17.2 Å². The molecule has 6 nitrogen and oxygen atoms in total. The van der Waals surface area contributed by atoms with Gasteiger partial charge in [-0.05, 0) is 24.3 Å². The summed E-state index contributed by atoms with van der Waals surface area (Å²) < 4.78 is 1.68. The lowest BCUT2D eigenvalue weighted by Crippen LogP contribution is -1.99. The normalized spacial score (nSPS) is 11.1. The van der Waals surface area contributed by atoms with Crippen LogP contribution in [-0.4, -0.2) is 30.1 Å². The average molecular weight is 351 g/mol. The lowest BCUT2D eigenvalue weighted by atomic mass is 10.1. The standard InChI is InChI=1S/C18H13N3O3S/c22-10-5-6-13(16(24)9-10)17-19-20-18(25)21(17)14-7-8-15(23)12-4-2-1-3-11(12)14/h1-9,22-24H,(H,20,25). The molecule has 1 heterocycles. The van der Waals surface area contributed by atoms with Crippen molar-refractivity contribution in [2.45, 2.75) is 5.16 Å². The lowest BCUT2D eigenvalue weighted by Gasteiger charge is -2.13. The second kappa shape index (κ2) is 5.71. The first-order chi connectivity index (χ1) is 12.1. The zero-order valence-corrected chi connectivity index (χ0v) is 13.7. The van der Waals surface area contributed by atoms with E-state index in [1.54, 1.807) is 22.8 Å². The maximum absolute atomic E-state index is 10.2. The fourth-order valence-electron chi connectivity index (χ4n) is 2.84. The van der Waals surface area contributed by atoms with Crippen LogP contribution in [-0.2, 0) is 0 Å². The highest BCUT2D eigenvalue weighted by Gasteiger charge is 2.19. The predicted molar refractivity (Wildman–Crippen MR) is 96.5 cm³/mol. The lowest BCUT2D eigenvalue weighted by molar-refractivity contribution is 0.451. The third-order valence-corrected chi connectivity index (χ3v) is 4.28. The summed E-state index contributed by atoms with van der Waals surface area (Å²) in [6, 6.07) is 15.0. The Labute approximate surface area is 148 Å². The molecule has 7 heteroatoms. The second-order valence-electron chi connectivity index (χ2n) is 5.51. The first-order valence-corrected chi connectivity index (χ1v) is 7.89. The van der Waals surface area contributed by atoms with Crippen LogP contribution in [0.1, 0.15) is 0 Å². The van der Waals surface area contributed by atoms with E-state index in [0.29, 0.717) is 27.6 Å². The van der Waals surface area contributed by atoms with Crippen LogP contribution in [0, 0.1) is 0 Å². The summed E-state index contributed by atoms with van der Waals surface area (Å²) in [6.45, 7) is 0. The van der Waals surface area contributed by atoms with Gasteiger partial charge in [-0.1, -0.05) is 24.3 Å². The minimum atomic E-state index is -0.120. The molecular formula is C18H13N3O3S. The number of hydrogen-bond acceptors (Lipinski definition) is 6. The van der Waals surface area contributed by atoms with E-state index < -0.39 is 0 Å². The van der Waals surface area contributed by atoms with Gasteiger partial charge in [0.25, 0.3) is 0 Å². The zero-order chi connectivity index (χ0) is 17.6. The number of hydrogen-bond donors (Lipinski definition) is 4. The maximum Gasteiger partial charge on any atom is 0.193 e. The largest absolute Gasteiger partial charge is 0.508 e. The number of nitrogens with zero attached hydrogens (tertiary/aromatic N) is 3. The van der Waals surface area contributed by atoms with E-state index in [2.05, 4.69) is 22.8 Å². The molecule has 0 bridgehead atoms. The fourth-order valence-corrected chi connectivity index (χ4v) is 3.09. The topological polar surface area (TPSA) is 91.4 Å². The fraction of sp³-hybridized carbons (Fsp3) is 0. The Morgan fingerprint density at radius 1 is 0.800 bits per heavy atom. The van der Waals surface area contributed by atoms with Crippen LogP contribution >= 0.6 is 12.6 Å². The molecule has 3 N–H and O–H groups in total. The Balaban J connectivity index is 2.03. The van der Waals surface area contributed by atoms with Crippen molar-refractivity contribution in [3.8, 4) is 34.3 Å². The van der Waals surface area contributed by atoms with E-state index in [9.17, 15) is 15.3 Å². The summed E-state index contributed by atoms with van der Waals surface area (Å²) in [5, 5.41) is 39.7. The van der Waals surface area contributed by atoms with Gasteiger partial charge in [0.2, 0.25) is 0 Å². The third-order valence-electron chi connectivity index (χ3n) is 3.99. The van der Waals surface area contributed by atoms with Crippen LogP contribution in [0.2, 0.25) is 0 Å². The minimum absolute atomic E-state index is 0.0477. The van der Waals surface area contributed by atoms with Gasteiger partial charge >= 0.3 is 0 Å². The van der Waals surface area contributed by atoms with Crippen LogP contribution in [0.15, 0.2) is 59.8 Å². The zero-order valence-electron chi connectivity index (χ0n) is 12.8. The van der Waals surface area contributed by atoms with Gasteiger partial charge in [-0.25, -0.2) is 0 Å². The third kappa shape index (κ3) is 2.45. The number of phenols is 3. The molecule has 25 heavy (non-hydrogen) atoms. The number of thiol groups is 1. The number of benzene rings is 3. The van der Waals surface area contributed by atoms with E-state index in [1.807, 2.05) is 24.3 Å². The molecule has 0 aliphatic heterocycles. The van der Waals surface area contributed by atoms with Gasteiger partial charge in [-0.2, -0.15) is 0 Å². The smallest absolute Gasteiger partial charge is 0.193 e. The molecule has 0 radical (unpaired) electrons. The van der Waals surface area contributed by atoms with E-state index in [0.717, 1.165) is 5.39 Å². The van der Waals surface area contributed by atoms with Crippen molar-refractivity contribution < 1.29 is 15.3 Å². The summed E-state index contributed by atoms with van der Waals surface area (Å²) in [4.78, 5) is 0.